The van der Waals surface area contributed by atoms with Crippen LogP contribution in [0.3, 0.4) is 0 Å². The predicted molar refractivity (Wildman–Crippen MR) is 86.1 cm³/mol. The number of carboxylic acid groups (broad SMARTS) is 1. The van der Waals surface area contributed by atoms with Crippen molar-refractivity contribution in [2.24, 2.45) is 13.0 Å². The van der Waals surface area contributed by atoms with Crippen molar-refractivity contribution in [3.8, 4) is 0 Å². The summed E-state index contributed by atoms with van der Waals surface area (Å²) in [5.74, 6) is -1.68. The third-order valence-corrected chi connectivity index (χ3v) is 4.44. The van der Waals surface area contributed by atoms with E-state index >= 15 is 0 Å². The summed E-state index contributed by atoms with van der Waals surface area (Å²) >= 11 is 0. The van der Waals surface area contributed by atoms with E-state index in [1.54, 1.807) is 22.8 Å². The zero-order chi connectivity index (χ0) is 17.7. The Hall–Kier alpha value is -2.38. The lowest BCUT2D eigenvalue weighted by molar-refractivity contribution is -0.147. The number of amides is 2. The highest BCUT2D eigenvalue weighted by atomic mass is 16.4. The number of hydrogen-bond donors (Lipinski definition) is 1. The summed E-state index contributed by atoms with van der Waals surface area (Å²) in [6.45, 7) is 0.765. The van der Waals surface area contributed by atoms with Gasteiger partial charge in [-0.15, -0.1) is 0 Å². The molecule has 2 heterocycles. The molecule has 1 unspecified atom stereocenters. The van der Waals surface area contributed by atoms with Gasteiger partial charge in [0.15, 0.2) is 0 Å². The van der Waals surface area contributed by atoms with Crippen LogP contribution in [-0.2, 0) is 27.9 Å². The van der Waals surface area contributed by atoms with Crippen LogP contribution in [0.5, 0.6) is 0 Å². The Morgan fingerprint density at radius 1 is 1.42 bits per heavy atom. The van der Waals surface area contributed by atoms with Gasteiger partial charge < -0.3 is 14.9 Å². The van der Waals surface area contributed by atoms with Crippen LogP contribution >= 0.6 is 0 Å². The van der Waals surface area contributed by atoms with Gasteiger partial charge in [-0.1, -0.05) is 0 Å². The van der Waals surface area contributed by atoms with Crippen molar-refractivity contribution in [3.05, 3.63) is 18.0 Å². The normalized spacial score (nSPS) is 17.6. The quantitative estimate of drug-likeness (QED) is 0.797. The van der Waals surface area contributed by atoms with Gasteiger partial charge in [-0.25, -0.2) is 0 Å². The molecule has 1 saturated heterocycles. The van der Waals surface area contributed by atoms with E-state index in [0.29, 0.717) is 32.2 Å². The van der Waals surface area contributed by atoms with Crippen LogP contribution in [0.4, 0.5) is 0 Å². The maximum Gasteiger partial charge on any atom is 0.308 e. The van der Waals surface area contributed by atoms with Crippen molar-refractivity contribution in [2.45, 2.75) is 25.7 Å². The first-order valence-electron chi connectivity index (χ1n) is 8.10. The van der Waals surface area contributed by atoms with Crippen LogP contribution in [0.2, 0.25) is 0 Å². The van der Waals surface area contributed by atoms with E-state index in [1.807, 2.05) is 13.1 Å². The Bertz CT molecular complexity index is 613. The SMILES string of the molecule is CN(CC(=O)N1CCCC(C(=O)O)C1)C(=O)CCc1ccnn1C. The number of rotatable bonds is 6. The molecule has 1 fully saturated rings. The van der Waals surface area contributed by atoms with E-state index in [4.69, 9.17) is 5.11 Å². The van der Waals surface area contributed by atoms with Crippen molar-refractivity contribution >= 4 is 17.8 Å². The molecular weight excluding hydrogens is 312 g/mol. The smallest absolute Gasteiger partial charge is 0.308 e. The molecule has 8 nitrogen and oxygen atoms in total. The first-order chi connectivity index (χ1) is 11.4. The molecule has 0 radical (unpaired) electrons. The minimum Gasteiger partial charge on any atom is -0.481 e. The summed E-state index contributed by atoms with van der Waals surface area (Å²) in [5, 5.41) is 13.1. The zero-order valence-corrected chi connectivity index (χ0v) is 14.1. The Morgan fingerprint density at radius 3 is 2.79 bits per heavy atom. The van der Waals surface area contributed by atoms with Crippen LogP contribution in [0.15, 0.2) is 12.3 Å². The maximum atomic E-state index is 12.3. The molecule has 1 N–H and O–H groups in total. The highest BCUT2D eigenvalue weighted by Gasteiger charge is 2.28. The topological polar surface area (TPSA) is 95.7 Å². The van der Waals surface area contributed by atoms with E-state index in [9.17, 15) is 14.4 Å². The molecule has 0 aromatic carbocycles. The molecular formula is C16H24N4O4. The summed E-state index contributed by atoms with van der Waals surface area (Å²) in [6, 6.07) is 1.86. The molecule has 132 valence electrons. The van der Waals surface area contributed by atoms with Gasteiger partial charge in [-0.3, -0.25) is 19.1 Å². The summed E-state index contributed by atoms with van der Waals surface area (Å²) in [5.41, 5.74) is 0.961. The van der Waals surface area contributed by atoms with Crippen LogP contribution < -0.4 is 0 Å². The number of carbonyl (C=O) groups excluding carboxylic acids is 2. The number of carboxylic acids is 1. The number of likely N-dealkylation sites (N-methyl/N-ethyl adjacent to an activating group) is 1. The minimum atomic E-state index is -0.867. The second-order valence-corrected chi connectivity index (χ2v) is 6.21. The number of nitrogens with zero attached hydrogens (tertiary/aromatic N) is 4. The van der Waals surface area contributed by atoms with Crippen molar-refractivity contribution in [1.82, 2.24) is 19.6 Å². The molecule has 24 heavy (non-hydrogen) atoms. The van der Waals surface area contributed by atoms with E-state index in [-0.39, 0.29) is 24.9 Å². The monoisotopic (exact) mass is 336 g/mol. The molecule has 1 aromatic heterocycles. The first-order valence-corrected chi connectivity index (χ1v) is 8.10. The molecule has 1 atom stereocenters. The van der Waals surface area contributed by atoms with Crippen LogP contribution in [0.25, 0.3) is 0 Å². The van der Waals surface area contributed by atoms with Gasteiger partial charge >= 0.3 is 5.97 Å². The Labute approximate surface area is 141 Å². The molecule has 0 bridgehead atoms. The maximum absolute atomic E-state index is 12.3. The van der Waals surface area contributed by atoms with E-state index in [1.165, 1.54) is 4.90 Å². The third kappa shape index (κ3) is 4.56. The third-order valence-electron chi connectivity index (χ3n) is 4.44. The van der Waals surface area contributed by atoms with Gasteiger partial charge in [-0.2, -0.15) is 5.10 Å². The molecule has 2 rings (SSSR count). The average molecular weight is 336 g/mol. The summed E-state index contributed by atoms with van der Waals surface area (Å²) in [6.07, 6.45) is 3.83. The molecule has 0 saturated carbocycles. The van der Waals surface area contributed by atoms with Gasteiger partial charge in [-0.05, 0) is 25.3 Å². The molecule has 0 aliphatic carbocycles. The lowest BCUT2D eigenvalue weighted by Gasteiger charge is -2.32. The summed E-state index contributed by atoms with van der Waals surface area (Å²) in [7, 11) is 3.42. The summed E-state index contributed by atoms with van der Waals surface area (Å²) in [4.78, 5) is 38.5. The van der Waals surface area contributed by atoms with Crippen molar-refractivity contribution < 1.29 is 19.5 Å². The molecule has 0 spiro atoms. The summed E-state index contributed by atoms with van der Waals surface area (Å²) < 4.78 is 1.72. The fraction of sp³-hybridized carbons (Fsp3) is 0.625. The van der Waals surface area contributed by atoms with Gasteiger partial charge in [0.05, 0.1) is 12.5 Å². The Balaban J connectivity index is 1.81. The molecule has 2 amide bonds. The second kappa shape index (κ2) is 7.94. The fourth-order valence-electron chi connectivity index (χ4n) is 2.87. The standard InChI is InChI=1S/C16H24N4O4/c1-18(14(21)6-5-13-7-8-17-19(13)2)11-15(22)20-9-3-4-12(10-20)16(23)24/h7-8,12H,3-6,9-11H2,1-2H3,(H,23,24). The highest BCUT2D eigenvalue weighted by Crippen LogP contribution is 2.17. The fourth-order valence-corrected chi connectivity index (χ4v) is 2.87. The highest BCUT2D eigenvalue weighted by molar-refractivity contribution is 5.85. The van der Waals surface area contributed by atoms with Crippen LogP contribution in [-0.4, -0.2) is 69.2 Å². The minimum absolute atomic E-state index is 0.0173. The molecule has 1 aliphatic rings. The molecule has 1 aliphatic heterocycles. The predicted octanol–water partition coefficient (Wildman–Crippen LogP) is 0.134. The van der Waals surface area contributed by atoms with Crippen LogP contribution in [0.1, 0.15) is 25.0 Å². The lowest BCUT2D eigenvalue weighted by atomic mass is 9.98. The van der Waals surface area contributed by atoms with Crippen molar-refractivity contribution in [3.63, 3.8) is 0 Å². The van der Waals surface area contributed by atoms with Gasteiger partial charge in [0.1, 0.15) is 0 Å². The average Bonchev–Trinajstić information content (AvgIpc) is 2.97. The van der Waals surface area contributed by atoms with Crippen molar-refractivity contribution in [2.75, 3.05) is 26.7 Å². The second-order valence-electron chi connectivity index (χ2n) is 6.21. The number of piperidine rings is 1. The Kier molecular flexibility index (Phi) is 5.94. The number of aromatic nitrogens is 2. The number of hydrogen-bond acceptors (Lipinski definition) is 4. The number of aryl methyl sites for hydroxylation is 2. The number of likely N-dealkylation sites (tertiary alicyclic amines) is 1. The van der Waals surface area contributed by atoms with Gasteiger partial charge in [0, 0.05) is 45.5 Å². The van der Waals surface area contributed by atoms with E-state index < -0.39 is 11.9 Å². The van der Waals surface area contributed by atoms with Gasteiger partial charge in [0.2, 0.25) is 11.8 Å². The van der Waals surface area contributed by atoms with E-state index in [0.717, 1.165) is 5.69 Å². The number of aliphatic carboxylic acids is 1. The van der Waals surface area contributed by atoms with Crippen LogP contribution in [0, 0.1) is 5.92 Å². The zero-order valence-electron chi connectivity index (χ0n) is 14.1. The lowest BCUT2D eigenvalue weighted by Crippen LogP contribution is -2.46. The Morgan fingerprint density at radius 2 is 2.17 bits per heavy atom. The van der Waals surface area contributed by atoms with Crippen molar-refractivity contribution in [1.29, 1.82) is 0 Å². The number of carbonyl (C=O) groups is 3. The first kappa shape index (κ1) is 18.0. The van der Waals surface area contributed by atoms with E-state index in [2.05, 4.69) is 5.10 Å². The van der Waals surface area contributed by atoms with Gasteiger partial charge in [0.25, 0.3) is 0 Å². The molecule has 8 heteroatoms. The molecule has 1 aromatic rings. The largest absolute Gasteiger partial charge is 0.481 e.